The highest BCUT2D eigenvalue weighted by atomic mass is 16.5. The predicted octanol–water partition coefficient (Wildman–Crippen LogP) is 5.35. The molecule has 0 spiro atoms. The van der Waals surface area contributed by atoms with Crippen LogP contribution in [0.2, 0.25) is 0 Å². The zero-order chi connectivity index (χ0) is 18.2. The molecule has 0 rings (SSSR count). The molecule has 4 heteroatoms. The van der Waals surface area contributed by atoms with E-state index in [9.17, 15) is 9.59 Å². The molecule has 0 atom stereocenters. The first-order chi connectivity index (χ1) is 11.6. The van der Waals surface area contributed by atoms with Gasteiger partial charge in [0.05, 0.1) is 13.2 Å². The number of rotatable bonds is 14. The maximum Gasteiger partial charge on any atom is 0.334 e. The molecule has 0 amide bonds. The van der Waals surface area contributed by atoms with Crippen molar-refractivity contribution < 1.29 is 19.1 Å². The first-order valence-electron chi connectivity index (χ1n) is 9.68. The highest BCUT2D eigenvalue weighted by Crippen LogP contribution is 2.22. The summed E-state index contributed by atoms with van der Waals surface area (Å²) in [5, 5.41) is 0. The molecule has 0 fully saturated rings. The second kappa shape index (κ2) is 15.2. The van der Waals surface area contributed by atoms with Gasteiger partial charge in [0.2, 0.25) is 0 Å². The molecule has 0 aromatic rings. The van der Waals surface area contributed by atoms with Crippen LogP contribution in [0.3, 0.4) is 0 Å². The lowest BCUT2D eigenvalue weighted by atomic mass is 9.97. The summed E-state index contributed by atoms with van der Waals surface area (Å²) < 4.78 is 10.6. The largest absolute Gasteiger partial charge is 0.462 e. The van der Waals surface area contributed by atoms with Crippen LogP contribution in [0.4, 0.5) is 0 Å². The lowest BCUT2D eigenvalue weighted by Crippen LogP contribution is -2.18. The monoisotopic (exact) mass is 340 g/mol. The lowest BCUT2D eigenvalue weighted by molar-refractivity contribution is -0.142. The van der Waals surface area contributed by atoms with Gasteiger partial charge in [-0.05, 0) is 38.5 Å². The quantitative estimate of drug-likeness (QED) is 0.243. The van der Waals surface area contributed by atoms with Gasteiger partial charge in [0, 0.05) is 11.1 Å². The predicted molar refractivity (Wildman–Crippen MR) is 97.8 cm³/mol. The molecule has 0 aromatic carbocycles. The van der Waals surface area contributed by atoms with Crippen molar-refractivity contribution in [3.8, 4) is 0 Å². The smallest absolute Gasteiger partial charge is 0.334 e. The maximum atomic E-state index is 12.5. The van der Waals surface area contributed by atoms with Gasteiger partial charge in [0.15, 0.2) is 0 Å². The van der Waals surface area contributed by atoms with Crippen molar-refractivity contribution in [2.45, 2.75) is 91.9 Å². The lowest BCUT2D eigenvalue weighted by Gasteiger charge is -2.14. The molecule has 0 aliphatic heterocycles. The third-order valence-electron chi connectivity index (χ3n) is 3.79. The van der Waals surface area contributed by atoms with Crippen LogP contribution < -0.4 is 0 Å². The first-order valence-corrected chi connectivity index (χ1v) is 9.68. The first kappa shape index (κ1) is 22.7. The number of carbonyl (C=O) groups excluding carboxylic acids is 2. The average Bonchev–Trinajstić information content (AvgIpc) is 2.59. The van der Waals surface area contributed by atoms with Gasteiger partial charge < -0.3 is 9.47 Å². The van der Waals surface area contributed by atoms with Crippen LogP contribution in [0.5, 0.6) is 0 Å². The van der Waals surface area contributed by atoms with E-state index in [1.807, 2.05) is 13.8 Å². The molecule has 0 saturated heterocycles. The van der Waals surface area contributed by atoms with Crippen LogP contribution in [-0.4, -0.2) is 25.2 Å². The topological polar surface area (TPSA) is 52.6 Å². The van der Waals surface area contributed by atoms with E-state index in [0.717, 1.165) is 51.4 Å². The number of unbranched alkanes of at least 4 members (excludes halogenated alkanes) is 4. The molecular weight excluding hydrogens is 304 g/mol. The molecule has 0 aliphatic carbocycles. The number of hydrogen-bond acceptors (Lipinski definition) is 4. The highest BCUT2D eigenvalue weighted by molar-refractivity contribution is 6.00. The zero-order valence-corrected chi connectivity index (χ0v) is 16.1. The molecule has 0 bridgehead atoms. The number of ether oxygens (including phenoxy) is 2. The summed E-state index contributed by atoms with van der Waals surface area (Å²) >= 11 is 0. The Morgan fingerprint density at radius 3 is 1.46 bits per heavy atom. The second-order valence-corrected chi connectivity index (χ2v) is 6.14. The van der Waals surface area contributed by atoms with Gasteiger partial charge in [-0.2, -0.15) is 0 Å². The van der Waals surface area contributed by atoms with Gasteiger partial charge in [0.1, 0.15) is 0 Å². The Hall–Kier alpha value is -1.32. The van der Waals surface area contributed by atoms with Crippen LogP contribution in [0, 0.1) is 0 Å². The van der Waals surface area contributed by atoms with E-state index in [0.29, 0.717) is 37.2 Å². The molecule has 0 aromatic heterocycles. The number of esters is 2. The van der Waals surface area contributed by atoms with E-state index >= 15 is 0 Å². The van der Waals surface area contributed by atoms with Gasteiger partial charge in [-0.25, -0.2) is 9.59 Å². The van der Waals surface area contributed by atoms with E-state index in [2.05, 4.69) is 13.8 Å². The molecule has 0 unspecified atom stereocenters. The third kappa shape index (κ3) is 9.74. The summed E-state index contributed by atoms with van der Waals surface area (Å²) in [5.74, 6) is -0.683. The van der Waals surface area contributed by atoms with E-state index in [-0.39, 0.29) is 11.9 Å². The SMILES string of the molecule is CCCCCCC(C(=O)OCCC)=C(CCCC)C(=O)OCCC. The second-order valence-electron chi connectivity index (χ2n) is 6.14. The van der Waals surface area contributed by atoms with Crippen molar-refractivity contribution in [2.75, 3.05) is 13.2 Å². The third-order valence-corrected chi connectivity index (χ3v) is 3.79. The van der Waals surface area contributed by atoms with E-state index in [1.165, 1.54) is 0 Å². The van der Waals surface area contributed by atoms with Crippen molar-refractivity contribution in [2.24, 2.45) is 0 Å². The summed E-state index contributed by atoms with van der Waals surface area (Å²) in [7, 11) is 0. The Labute approximate surface area is 148 Å². The normalized spacial score (nSPS) is 11.8. The molecule has 0 N–H and O–H groups in total. The highest BCUT2D eigenvalue weighted by Gasteiger charge is 2.22. The fraction of sp³-hybridized carbons (Fsp3) is 0.800. The Balaban J connectivity index is 5.29. The van der Waals surface area contributed by atoms with Gasteiger partial charge >= 0.3 is 11.9 Å². The van der Waals surface area contributed by atoms with Crippen LogP contribution in [0.25, 0.3) is 0 Å². The molecule has 0 radical (unpaired) electrons. The minimum atomic E-state index is -0.343. The van der Waals surface area contributed by atoms with Gasteiger partial charge in [-0.3, -0.25) is 0 Å². The van der Waals surface area contributed by atoms with Crippen molar-refractivity contribution in [1.29, 1.82) is 0 Å². The van der Waals surface area contributed by atoms with Gasteiger partial charge in [-0.1, -0.05) is 53.4 Å². The van der Waals surface area contributed by atoms with Crippen LogP contribution >= 0.6 is 0 Å². The standard InChI is InChI=1S/C20H36O4/c1-5-9-11-12-14-18(20(22)24-16-8-4)17(13-10-6-2)19(21)23-15-7-3/h5-16H2,1-4H3. The zero-order valence-electron chi connectivity index (χ0n) is 16.1. The Morgan fingerprint density at radius 1 is 0.583 bits per heavy atom. The Morgan fingerprint density at radius 2 is 1.04 bits per heavy atom. The molecular formula is C20H36O4. The van der Waals surface area contributed by atoms with Crippen LogP contribution in [0.15, 0.2) is 11.1 Å². The van der Waals surface area contributed by atoms with Crippen LogP contribution in [-0.2, 0) is 19.1 Å². The Bertz CT molecular complexity index is 385. The summed E-state index contributed by atoms with van der Waals surface area (Å²) in [6, 6.07) is 0. The fourth-order valence-electron chi connectivity index (χ4n) is 2.40. The van der Waals surface area contributed by atoms with Gasteiger partial charge in [0.25, 0.3) is 0 Å². The molecule has 0 aliphatic rings. The van der Waals surface area contributed by atoms with Gasteiger partial charge in [-0.15, -0.1) is 0 Å². The molecule has 4 nitrogen and oxygen atoms in total. The van der Waals surface area contributed by atoms with Crippen molar-refractivity contribution in [1.82, 2.24) is 0 Å². The minimum Gasteiger partial charge on any atom is -0.462 e. The van der Waals surface area contributed by atoms with E-state index in [1.54, 1.807) is 0 Å². The fourth-order valence-corrected chi connectivity index (χ4v) is 2.40. The Kier molecular flexibility index (Phi) is 14.4. The number of hydrogen-bond donors (Lipinski definition) is 0. The maximum absolute atomic E-state index is 12.5. The van der Waals surface area contributed by atoms with Crippen molar-refractivity contribution in [3.63, 3.8) is 0 Å². The van der Waals surface area contributed by atoms with E-state index in [4.69, 9.17) is 9.47 Å². The van der Waals surface area contributed by atoms with E-state index < -0.39 is 0 Å². The molecule has 0 saturated carbocycles. The van der Waals surface area contributed by atoms with Crippen molar-refractivity contribution >= 4 is 11.9 Å². The molecule has 140 valence electrons. The van der Waals surface area contributed by atoms with Crippen molar-refractivity contribution in [3.05, 3.63) is 11.1 Å². The summed E-state index contributed by atoms with van der Waals surface area (Å²) in [6.45, 7) is 8.94. The summed E-state index contributed by atoms with van der Waals surface area (Å²) in [6.07, 6.45) is 8.83. The number of carbonyl (C=O) groups is 2. The summed E-state index contributed by atoms with van der Waals surface area (Å²) in [5.41, 5.74) is 1.07. The summed E-state index contributed by atoms with van der Waals surface area (Å²) in [4.78, 5) is 24.9. The molecule has 24 heavy (non-hydrogen) atoms. The minimum absolute atomic E-state index is 0.340. The molecule has 0 heterocycles. The average molecular weight is 341 g/mol. The van der Waals surface area contributed by atoms with Crippen LogP contribution in [0.1, 0.15) is 91.9 Å².